The third-order valence-corrected chi connectivity index (χ3v) is 6.20. The molecule has 3 rings (SSSR count). The molecule has 148 valence electrons. The molecular formula is C22H24FNO3S. The van der Waals surface area contributed by atoms with Gasteiger partial charge in [-0.1, -0.05) is 31.0 Å². The minimum Gasteiger partial charge on any atom is -0.347 e. The molecule has 0 bridgehead atoms. The molecule has 1 amide bonds. The van der Waals surface area contributed by atoms with Crippen LogP contribution in [0.2, 0.25) is 0 Å². The molecule has 6 heteroatoms. The van der Waals surface area contributed by atoms with Crippen LogP contribution in [0, 0.1) is 5.82 Å². The molecule has 28 heavy (non-hydrogen) atoms. The van der Waals surface area contributed by atoms with Gasteiger partial charge in [-0.25, -0.2) is 4.39 Å². The number of Topliss-reactive ketones (excluding diaryl/α,β-unsaturated/α-hetero) is 2. The van der Waals surface area contributed by atoms with Crippen LogP contribution in [0.4, 0.5) is 4.39 Å². The van der Waals surface area contributed by atoms with E-state index < -0.39 is 5.54 Å². The number of nitrogens with one attached hydrogen (secondary N) is 1. The summed E-state index contributed by atoms with van der Waals surface area (Å²) in [7, 11) is 0. The van der Waals surface area contributed by atoms with Crippen LogP contribution in [0.3, 0.4) is 0 Å². The Morgan fingerprint density at radius 3 is 2.29 bits per heavy atom. The number of halogens is 1. The molecule has 1 fully saturated rings. The zero-order chi connectivity index (χ0) is 20.0. The second-order valence-corrected chi connectivity index (χ2v) is 8.23. The Kier molecular flexibility index (Phi) is 6.73. The van der Waals surface area contributed by atoms with Gasteiger partial charge in [-0.05, 0) is 42.0 Å². The van der Waals surface area contributed by atoms with Crippen molar-refractivity contribution in [2.45, 2.75) is 56.9 Å². The Balaban J connectivity index is 1.49. The number of amides is 1. The Morgan fingerprint density at radius 2 is 1.64 bits per heavy atom. The van der Waals surface area contributed by atoms with E-state index in [1.165, 1.54) is 23.5 Å². The van der Waals surface area contributed by atoms with E-state index in [0.29, 0.717) is 4.88 Å². The maximum atomic E-state index is 13.2. The quantitative estimate of drug-likeness (QED) is 0.615. The summed E-state index contributed by atoms with van der Waals surface area (Å²) >= 11 is 1.37. The molecule has 0 radical (unpaired) electrons. The Morgan fingerprint density at radius 1 is 0.964 bits per heavy atom. The predicted molar refractivity (Wildman–Crippen MR) is 107 cm³/mol. The molecule has 1 aromatic carbocycles. The standard InChI is InChI=1S/C22H24FNO3S/c23-17-7-5-16(6-8-17)22(13-1-2-14-22)24-21(27)12-10-18(25)9-11-19(26)20-4-3-15-28-20/h3-8,15H,1-2,9-14H2,(H,24,27). The highest BCUT2D eigenvalue weighted by molar-refractivity contribution is 7.12. The molecule has 1 heterocycles. The molecule has 0 unspecified atom stereocenters. The number of ketones is 2. The zero-order valence-electron chi connectivity index (χ0n) is 15.7. The number of hydrogen-bond acceptors (Lipinski definition) is 4. The van der Waals surface area contributed by atoms with E-state index in [9.17, 15) is 18.8 Å². The summed E-state index contributed by atoms with van der Waals surface area (Å²) in [4.78, 5) is 37.2. The first-order valence-corrected chi connectivity index (χ1v) is 10.5. The van der Waals surface area contributed by atoms with Gasteiger partial charge < -0.3 is 5.32 Å². The van der Waals surface area contributed by atoms with E-state index in [0.717, 1.165) is 31.2 Å². The summed E-state index contributed by atoms with van der Waals surface area (Å²) in [6, 6.07) is 9.83. The van der Waals surface area contributed by atoms with Crippen LogP contribution in [0.25, 0.3) is 0 Å². The summed E-state index contributed by atoms with van der Waals surface area (Å²) in [6.07, 6.45) is 4.20. The van der Waals surface area contributed by atoms with Gasteiger partial charge >= 0.3 is 0 Å². The highest BCUT2D eigenvalue weighted by Crippen LogP contribution is 2.38. The van der Waals surface area contributed by atoms with Crippen molar-refractivity contribution in [2.24, 2.45) is 0 Å². The molecule has 4 nitrogen and oxygen atoms in total. The molecular weight excluding hydrogens is 377 g/mol. The van der Waals surface area contributed by atoms with Gasteiger partial charge in [-0.2, -0.15) is 0 Å². The minimum absolute atomic E-state index is 0.0333. The fourth-order valence-electron chi connectivity index (χ4n) is 3.75. The molecule has 0 atom stereocenters. The van der Waals surface area contributed by atoms with Gasteiger partial charge in [0.05, 0.1) is 10.4 Å². The third kappa shape index (κ3) is 5.13. The summed E-state index contributed by atoms with van der Waals surface area (Å²) in [5.41, 5.74) is 0.441. The van der Waals surface area contributed by atoms with Gasteiger partial charge in [0.15, 0.2) is 5.78 Å². The first-order valence-electron chi connectivity index (χ1n) is 9.64. The maximum Gasteiger partial charge on any atom is 0.221 e. The van der Waals surface area contributed by atoms with Crippen molar-refractivity contribution in [3.05, 3.63) is 58.0 Å². The van der Waals surface area contributed by atoms with Gasteiger partial charge in [0.25, 0.3) is 0 Å². The van der Waals surface area contributed by atoms with Crippen molar-refractivity contribution in [1.82, 2.24) is 5.32 Å². The molecule has 1 aromatic heterocycles. The average Bonchev–Trinajstić information content (AvgIpc) is 3.38. The van der Waals surface area contributed by atoms with Crippen LogP contribution in [0.15, 0.2) is 41.8 Å². The van der Waals surface area contributed by atoms with E-state index in [4.69, 9.17) is 0 Å². The fourth-order valence-corrected chi connectivity index (χ4v) is 4.45. The third-order valence-electron chi connectivity index (χ3n) is 5.29. The number of carbonyl (C=O) groups excluding carboxylic acids is 3. The lowest BCUT2D eigenvalue weighted by Crippen LogP contribution is -2.43. The number of thiophene rings is 1. The number of carbonyl (C=O) groups is 3. The van der Waals surface area contributed by atoms with Crippen molar-refractivity contribution in [2.75, 3.05) is 0 Å². The summed E-state index contributed by atoms with van der Waals surface area (Å²) in [6.45, 7) is 0. The number of benzene rings is 1. The summed E-state index contributed by atoms with van der Waals surface area (Å²) in [5.74, 6) is -0.591. The molecule has 1 N–H and O–H groups in total. The maximum absolute atomic E-state index is 13.2. The van der Waals surface area contributed by atoms with Crippen LogP contribution in [0.5, 0.6) is 0 Å². The van der Waals surface area contributed by atoms with Crippen LogP contribution in [-0.4, -0.2) is 17.5 Å². The van der Waals surface area contributed by atoms with Crippen LogP contribution in [-0.2, 0) is 15.1 Å². The minimum atomic E-state index is -0.469. The topological polar surface area (TPSA) is 63.2 Å². The summed E-state index contributed by atoms with van der Waals surface area (Å²) < 4.78 is 13.2. The molecule has 1 aliphatic rings. The molecule has 1 saturated carbocycles. The van der Waals surface area contributed by atoms with Crippen molar-refractivity contribution in [1.29, 1.82) is 0 Å². The van der Waals surface area contributed by atoms with Crippen molar-refractivity contribution < 1.29 is 18.8 Å². The van der Waals surface area contributed by atoms with E-state index in [-0.39, 0.29) is 49.0 Å². The molecule has 1 aliphatic carbocycles. The molecule has 0 spiro atoms. The van der Waals surface area contributed by atoms with Crippen LogP contribution < -0.4 is 5.32 Å². The van der Waals surface area contributed by atoms with Gasteiger partial charge in [0.2, 0.25) is 5.91 Å². The zero-order valence-corrected chi connectivity index (χ0v) is 16.5. The lowest BCUT2D eigenvalue weighted by molar-refractivity contribution is -0.126. The first-order chi connectivity index (χ1) is 13.5. The fraction of sp³-hybridized carbons (Fsp3) is 0.409. The highest BCUT2D eigenvalue weighted by Gasteiger charge is 2.36. The van der Waals surface area contributed by atoms with Crippen molar-refractivity contribution >= 4 is 28.8 Å². The number of hydrogen-bond donors (Lipinski definition) is 1. The van der Waals surface area contributed by atoms with Crippen molar-refractivity contribution in [3.63, 3.8) is 0 Å². The Hall–Kier alpha value is -2.34. The second-order valence-electron chi connectivity index (χ2n) is 7.28. The number of rotatable bonds is 9. The predicted octanol–water partition coefficient (Wildman–Crippen LogP) is 4.79. The monoisotopic (exact) mass is 401 g/mol. The summed E-state index contributed by atoms with van der Waals surface area (Å²) in [5, 5.41) is 4.92. The molecule has 0 aliphatic heterocycles. The van der Waals surface area contributed by atoms with Gasteiger partial charge in [-0.15, -0.1) is 11.3 Å². The van der Waals surface area contributed by atoms with Crippen LogP contribution >= 0.6 is 11.3 Å². The van der Waals surface area contributed by atoms with Gasteiger partial charge in [0.1, 0.15) is 11.6 Å². The van der Waals surface area contributed by atoms with E-state index in [2.05, 4.69) is 5.32 Å². The van der Waals surface area contributed by atoms with Crippen molar-refractivity contribution in [3.8, 4) is 0 Å². The van der Waals surface area contributed by atoms with Crippen LogP contribution in [0.1, 0.15) is 66.6 Å². The Bertz CT molecular complexity index is 824. The Labute approximate surface area is 168 Å². The van der Waals surface area contributed by atoms with Gasteiger partial charge in [-0.3, -0.25) is 14.4 Å². The van der Waals surface area contributed by atoms with E-state index in [1.54, 1.807) is 18.2 Å². The van der Waals surface area contributed by atoms with E-state index in [1.807, 2.05) is 11.4 Å². The van der Waals surface area contributed by atoms with Gasteiger partial charge in [0, 0.05) is 25.7 Å². The highest BCUT2D eigenvalue weighted by atomic mass is 32.1. The first kappa shape index (κ1) is 20.4. The molecule has 0 saturated heterocycles. The normalized spacial score (nSPS) is 15.3. The SMILES string of the molecule is O=C(CCC(=O)NC1(c2ccc(F)cc2)CCCC1)CCC(=O)c1cccs1. The lowest BCUT2D eigenvalue weighted by atomic mass is 9.88. The average molecular weight is 402 g/mol. The largest absolute Gasteiger partial charge is 0.347 e. The smallest absolute Gasteiger partial charge is 0.221 e. The van der Waals surface area contributed by atoms with E-state index >= 15 is 0 Å². The lowest BCUT2D eigenvalue weighted by Gasteiger charge is -2.31. The molecule has 2 aromatic rings. The second kappa shape index (κ2) is 9.24.